The zero-order valence-corrected chi connectivity index (χ0v) is 14.6. The van der Waals surface area contributed by atoms with Crippen molar-refractivity contribution >= 4 is 0 Å². The Hall–Kier alpha value is -2.88. The molecule has 0 amide bonds. The van der Waals surface area contributed by atoms with E-state index in [1.807, 2.05) is 60.9 Å². The number of rotatable bonds is 7. The fourth-order valence-electron chi connectivity index (χ4n) is 2.51. The summed E-state index contributed by atoms with van der Waals surface area (Å²) in [6.45, 7) is 2.67. The Morgan fingerprint density at radius 3 is 2.04 bits per heavy atom. The van der Waals surface area contributed by atoms with E-state index >= 15 is 0 Å². The van der Waals surface area contributed by atoms with Gasteiger partial charge in [-0.1, -0.05) is 25.5 Å². The number of hydrogen-bond acceptors (Lipinski definition) is 4. The van der Waals surface area contributed by atoms with Gasteiger partial charge in [0.05, 0.1) is 7.11 Å². The number of aromatic nitrogens is 2. The van der Waals surface area contributed by atoms with Crippen molar-refractivity contribution in [3.8, 4) is 22.9 Å². The van der Waals surface area contributed by atoms with E-state index in [1.165, 1.54) is 5.56 Å². The molecule has 0 N–H and O–H groups in total. The van der Waals surface area contributed by atoms with Crippen LogP contribution in [0, 0.1) is 0 Å². The standard InChI is InChI=1S/C21H22N2O2/c1-3-4-17-13-22-21(23-14-17)18-7-11-20(12-8-18)25-15-16-5-9-19(24-2)10-6-16/h5-14H,3-4,15H2,1-2H3. The molecule has 3 rings (SSSR count). The highest BCUT2D eigenvalue weighted by Gasteiger charge is 2.03. The van der Waals surface area contributed by atoms with E-state index in [-0.39, 0.29) is 0 Å². The van der Waals surface area contributed by atoms with E-state index in [1.54, 1.807) is 7.11 Å². The van der Waals surface area contributed by atoms with Gasteiger partial charge >= 0.3 is 0 Å². The molecule has 128 valence electrons. The fraction of sp³-hybridized carbons (Fsp3) is 0.238. The lowest BCUT2D eigenvalue weighted by Crippen LogP contribution is -1.96. The van der Waals surface area contributed by atoms with E-state index in [4.69, 9.17) is 9.47 Å². The highest BCUT2D eigenvalue weighted by atomic mass is 16.5. The molecular weight excluding hydrogens is 312 g/mol. The van der Waals surface area contributed by atoms with Crippen molar-refractivity contribution in [3.05, 3.63) is 72.1 Å². The zero-order valence-electron chi connectivity index (χ0n) is 14.6. The number of ether oxygens (including phenoxy) is 2. The molecule has 0 unspecified atom stereocenters. The number of methoxy groups -OCH3 is 1. The van der Waals surface area contributed by atoms with Crippen LogP contribution >= 0.6 is 0 Å². The molecule has 0 spiro atoms. The maximum Gasteiger partial charge on any atom is 0.159 e. The van der Waals surface area contributed by atoms with Gasteiger partial charge < -0.3 is 9.47 Å². The minimum atomic E-state index is 0.519. The van der Waals surface area contributed by atoms with Gasteiger partial charge in [0.15, 0.2) is 5.82 Å². The van der Waals surface area contributed by atoms with Crippen LogP contribution in [0.5, 0.6) is 11.5 Å². The predicted octanol–water partition coefficient (Wildman–Crippen LogP) is 4.68. The number of nitrogens with zero attached hydrogens (tertiary/aromatic N) is 2. The molecule has 0 atom stereocenters. The molecule has 0 fully saturated rings. The van der Waals surface area contributed by atoms with Crippen molar-refractivity contribution in [1.29, 1.82) is 0 Å². The van der Waals surface area contributed by atoms with Gasteiger partial charge in [-0.3, -0.25) is 0 Å². The SMILES string of the molecule is CCCc1cnc(-c2ccc(OCc3ccc(OC)cc3)cc2)nc1. The summed E-state index contributed by atoms with van der Waals surface area (Å²) in [4.78, 5) is 8.89. The van der Waals surface area contributed by atoms with Crippen LogP contribution in [0.2, 0.25) is 0 Å². The second-order valence-corrected chi connectivity index (χ2v) is 5.83. The highest BCUT2D eigenvalue weighted by Crippen LogP contribution is 2.20. The van der Waals surface area contributed by atoms with Crippen LogP contribution in [0.1, 0.15) is 24.5 Å². The summed E-state index contributed by atoms with van der Waals surface area (Å²) < 4.78 is 11.0. The van der Waals surface area contributed by atoms with Gasteiger partial charge in [-0.05, 0) is 53.9 Å². The van der Waals surface area contributed by atoms with Gasteiger partial charge in [0.1, 0.15) is 18.1 Å². The van der Waals surface area contributed by atoms with Crippen LogP contribution in [-0.4, -0.2) is 17.1 Å². The summed E-state index contributed by atoms with van der Waals surface area (Å²) in [5, 5.41) is 0. The molecule has 1 heterocycles. The van der Waals surface area contributed by atoms with Gasteiger partial charge in [-0.25, -0.2) is 9.97 Å². The molecular formula is C21H22N2O2. The molecule has 1 aromatic heterocycles. The Morgan fingerprint density at radius 2 is 1.44 bits per heavy atom. The van der Waals surface area contributed by atoms with Crippen molar-refractivity contribution in [3.63, 3.8) is 0 Å². The summed E-state index contributed by atoms with van der Waals surface area (Å²) in [5.74, 6) is 2.40. The quantitative estimate of drug-likeness (QED) is 0.629. The molecule has 0 aliphatic rings. The fourth-order valence-corrected chi connectivity index (χ4v) is 2.51. The topological polar surface area (TPSA) is 44.2 Å². The minimum absolute atomic E-state index is 0.519. The Kier molecular flexibility index (Phi) is 5.62. The molecule has 0 saturated heterocycles. The van der Waals surface area contributed by atoms with E-state index in [0.717, 1.165) is 41.3 Å². The van der Waals surface area contributed by atoms with Crippen LogP contribution in [0.15, 0.2) is 60.9 Å². The highest BCUT2D eigenvalue weighted by molar-refractivity contribution is 5.55. The Balaban J connectivity index is 1.61. The Bertz CT molecular complexity index is 782. The van der Waals surface area contributed by atoms with Crippen LogP contribution in [0.3, 0.4) is 0 Å². The molecule has 2 aromatic carbocycles. The molecule has 0 saturated carbocycles. The Morgan fingerprint density at radius 1 is 0.800 bits per heavy atom. The van der Waals surface area contributed by atoms with E-state index in [0.29, 0.717) is 6.61 Å². The van der Waals surface area contributed by atoms with Gasteiger partial charge in [0.25, 0.3) is 0 Å². The predicted molar refractivity (Wildman–Crippen MR) is 98.8 cm³/mol. The molecule has 3 aromatic rings. The van der Waals surface area contributed by atoms with E-state index < -0.39 is 0 Å². The van der Waals surface area contributed by atoms with Crippen LogP contribution in [-0.2, 0) is 13.0 Å². The largest absolute Gasteiger partial charge is 0.497 e. The molecule has 4 nitrogen and oxygen atoms in total. The first-order valence-electron chi connectivity index (χ1n) is 8.45. The number of hydrogen-bond donors (Lipinski definition) is 0. The van der Waals surface area contributed by atoms with Gasteiger partial charge in [0.2, 0.25) is 0 Å². The lowest BCUT2D eigenvalue weighted by atomic mass is 10.2. The zero-order chi connectivity index (χ0) is 17.5. The monoisotopic (exact) mass is 334 g/mol. The summed E-state index contributed by atoms with van der Waals surface area (Å²) >= 11 is 0. The summed E-state index contributed by atoms with van der Waals surface area (Å²) in [6.07, 6.45) is 5.92. The van der Waals surface area contributed by atoms with Gasteiger partial charge in [0, 0.05) is 18.0 Å². The maximum absolute atomic E-state index is 5.83. The summed E-state index contributed by atoms with van der Waals surface area (Å²) in [5.41, 5.74) is 3.25. The second kappa shape index (κ2) is 8.29. The third-order valence-corrected chi connectivity index (χ3v) is 3.92. The summed E-state index contributed by atoms with van der Waals surface area (Å²) in [7, 11) is 1.66. The molecule has 0 aliphatic carbocycles. The minimum Gasteiger partial charge on any atom is -0.497 e. The van der Waals surface area contributed by atoms with Crippen molar-refractivity contribution in [2.45, 2.75) is 26.4 Å². The van der Waals surface area contributed by atoms with Crippen LogP contribution in [0.4, 0.5) is 0 Å². The van der Waals surface area contributed by atoms with E-state index in [2.05, 4.69) is 16.9 Å². The number of aryl methyl sites for hydroxylation is 1. The van der Waals surface area contributed by atoms with Gasteiger partial charge in [-0.15, -0.1) is 0 Å². The first-order valence-corrected chi connectivity index (χ1v) is 8.45. The lowest BCUT2D eigenvalue weighted by molar-refractivity contribution is 0.306. The average Bonchev–Trinajstić information content (AvgIpc) is 2.68. The normalized spacial score (nSPS) is 10.5. The second-order valence-electron chi connectivity index (χ2n) is 5.83. The Labute approximate surface area is 148 Å². The third-order valence-electron chi connectivity index (χ3n) is 3.92. The van der Waals surface area contributed by atoms with Crippen molar-refractivity contribution < 1.29 is 9.47 Å². The number of benzene rings is 2. The van der Waals surface area contributed by atoms with E-state index in [9.17, 15) is 0 Å². The maximum atomic E-state index is 5.83. The molecule has 0 radical (unpaired) electrons. The third kappa shape index (κ3) is 4.57. The van der Waals surface area contributed by atoms with Gasteiger partial charge in [-0.2, -0.15) is 0 Å². The molecule has 25 heavy (non-hydrogen) atoms. The van der Waals surface area contributed by atoms with Crippen LogP contribution in [0.25, 0.3) is 11.4 Å². The first-order chi connectivity index (χ1) is 12.3. The molecule has 0 aliphatic heterocycles. The summed E-state index contributed by atoms with van der Waals surface area (Å²) in [6, 6.07) is 15.7. The van der Waals surface area contributed by atoms with Crippen molar-refractivity contribution in [2.24, 2.45) is 0 Å². The smallest absolute Gasteiger partial charge is 0.159 e. The first kappa shape index (κ1) is 17.0. The molecule has 4 heteroatoms. The lowest BCUT2D eigenvalue weighted by Gasteiger charge is -2.08. The average molecular weight is 334 g/mol. The van der Waals surface area contributed by atoms with Crippen molar-refractivity contribution in [1.82, 2.24) is 9.97 Å². The van der Waals surface area contributed by atoms with Crippen molar-refractivity contribution in [2.75, 3.05) is 7.11 Å². The molecule has 0 bridgehead atoms. The van der Waals surface area contributed by atoms with Crippen LogP contribution < -0.4 is 9.47 Å².